The smallest absolute Gasteiger partial charge is 0.225 e. The number of carbonyl (C=O) groups is 2. The summed E-state index contributed by atoms with van der Waals surface area (Å²) < 4.78 is 10.6. The third kappa shape index (κ3) is 4.59. The maximum Gasteiger partial charge on any atom is 0.225 e. The Hall–Kier alpha value is -1.82. The number of amides is 2. The normalized spacial score (nSPS) is 18.2. The molecule has 6 heteroatoms. The first kappa shape index (κ1) is 16.5. The predicted octanol–water partition coefficient (Wildman–Crippen LogP) is 1.56. The number of furan rings is 1. The van der Waals surface area contributed by atoms with Crippen molar-refractivity contribution < 1.29 is 18.7 Å². The molecule has 1 aliphatic heterocycles. The molecule has 0 unspecified atom stereocenters. The number of nitrogens with zero attached hydrogens (tertiary/aromatic N) is 1. The van der Waals surface area contributed by atoms with Crippen LogP contribution in [0.2, 0.25) is 0 Å². The summed E-state index contributed by atoms with van der Waals surface area (Å²) in [4.78, 5) is 25.6. The largest absolute Gasteiger partial charge is 0.467 e. The SMILES string of the molecule is CC(C)N1C[C@@H](C(=O)NCCCOCc2ccco2)CC1=O. The number of carbonyl (C=O) groups excluding carboxylic acids is 2. The maximum absolute atomic E-state index is 12.0. The third-order valence-electron chi connectivity index (χ3n) is 3.74. The van der Waals surface area contributed by atoms with E-state index in [0.717, 1.165) is 12.2 Å². The van der Waals surface area contributed by atoms with Crippen LogP contribution in [0.15, 0.2) is 22.8 Å². The van der Waals surface area contributed by atoms with Gasteiger partial charge in [0.1, 0.15) is 12.4 Å². The summed E-state index contributed by atoms with van der Waals surface area (Å²) in [5, 5.41) is 2.88. The molecule has 0 radical (unpaired) electrons. The van der Waals surface area contributed by atoms with E-state index in [2.05, 4.69) is 5.32 Å². The number of likely N-dealkylation sites (tertiary alicyclic amines) is 1. The van der Waals surface area contributed by atoms with E-state index in [1.807, 2.05) is 26.0 Å². The maximum atomic E-state index is 12.0. The van der Waals surface area contributed by atoms with E-state index in [-0.39, 0.29) is 23.8 Å². The Labute approximate surface area is 130 Å². The van der Waals surface area contributed by atoms with Crippen LogP contribution in [0.5, 0.6) is 0 Å². The minimum atomic E-state index is -0.223. The molecule has 2 amide bonds. The van der Waals surface area contributed by atoms with Crippen LogP contribution < -0.4 is 5.32 Å². The summed E-state index contributed by atoms with van der Waals surface area (Å²) in [6, 6.07) is 3.84. The zero-order valence-electron chi connectivity index (χ0n) is 13.2. The molecule has 0 aliphatic carbocycles. The van der Waals surface area contributed by atoms with Gasteiger partial charge in [-0.05, 0) is 32.4 Å². The second-order valence-electron chi connectivity index (χ2n) is 5.82. The lowest BCUT2D eigenvalue weighted by molar-refractivity contribution is -0.129. The lowest BCUT2D eigenvalue weighted by Crippen LogP contribution is -2.36. The molecule has 2 heterocycles. The van der Waals surface area contributed by atoms with E-state index in [1.54, 1.807) is 11.2 Å². The van der Waals surface area contributed by atoms with E-state index in [4.69, 9.17) is 9.15 Å². The Kier molecular flexibility index (Phi) is 6.00. The Morgan fingerprint density at radius 2 is 2.36 bits per heavy atom. The third-order valence-corrected chi connectivity index (χ3v) is 3.74. The molecule has 22 heavy (non-hydrogen) atoms. The number of hydrogen-bond donors (Lipinski definition) is 1. The zero-order chi connectivity index (χ0) is 15.9. The number of hydrogen-bond acceptors (Lipinski definition) is 4. The minimum absolute atomic E-state index is 0.0393. The lowest BCUT2D eigenvalue weighted by atomic mass is 10.1. The monoisotopic (exact) mass is 308 g/mol. The molecule has 1 atom stereocenters. The molecule has 0 saturated carbocycles. The Bertz CT molecular complexity index is 484. The van der Waals surface area contributed by atoms with E-state index < -0.39 is 0 Å². The van der Waals surface area contributed by atoms with Crippen molar-refractivity contribution in [2.45, 2.75) is 39.3 Å². The summed E-state index contributed by atoms with van der Waals surface area (Å²) in [5.41, 5.74) is 0. The van der Waals surface area contributed by atoms with Crippen molar-refractivity contribution >= 4 is 11.8 Å². The molecule has 1 N–H and O–H groups in total. The molecular weight excluding hydrogens is 284 g/mol. The van der Waals surface area contributed by atoms with E-state index in [9.17, 15) is 9.59 Å². The summed E-state index contributed by atoms with van der Waals surface area (Å²) in [7, 11) is 0. The second-order valence-corrected chi connectivity index (χ2v) is 5.82. The fourth-order valence-corrected chi connectivity index (χ4v) is 2.50. The topological polar surface area (TPSA) is 71.8 Å². The van der Waals surface area contributed by atoms with E-state index in [1.165, 1.54) is 0 Å². The van der Waals surface area contributed by atoms with Crippen molar-refractivity contribution in [1.29, 1.82) is 0 Å². The number of ether oxygens (including phenoxy) is 1. The van der Waals surface area contributed by atoms with Crippen LogP contribution >= 0.6 is 0 Å². The van der Waals surface area contributed by atoms with E-state index in [0.29, 0.717) is 32.7 Å². The molecule has 1 fully saturated rings. The van der Waals surface area contributed by atoms with Gasteiger partial charge in [0.15, 0.2) is 0 Å². The highest BCUT2D eigenvalue weighted by Crippen LogP contribution is 2.20. The van der Waals surface area contributed by atoms with Crippen LogP contribution in [0.1, 0.15) is 32.4 Å². The highest BCUT2D eigenvalue weighted by atomic mass is 16.5. The standard InChI is InChI=1S/C16H24N2O4/c1-12(2)18-10-13(9-15(18)19)16(20)17-6-4-7-21-11-14-5-3-8-22-14/h3,5,8,12-13H,4,6-7,9-11H2,1-2H3,(H,17,20)/t13-/m0/s1. The first-order valence-corrected chi connectivity index (χ1v) is 7.75. The molecule has 0 aromatic carbocycles. The summed E-state index contributed by atoms with van der Waals surface area (Å²) in [6.07, 6.45) is 2.67. The van der Waals surface area contributed by atoms with Gasteiger partial charge < -0.3 is 19.4 Å². The van der Waals surface area contributed by atoms with E-state index >= 15 is 0 Å². The van der Waals surface area contributed by atoms with Crippen LogP contribution in [-0.2, 0) is 20.9 Å². The fourth-order valence-electron chi connectivity index (χ4n) is 2.50. The van der Waals surface area contributed by atoms with Crippen LogP contribution in [-0.4, -0.2) is 42.5 Å². The van der Waals surface area contributed by atoms with Crippen LogP contribution in [0, 0.1) is 5.92 Å². The number of nitrogens with one attached hydrogen (secondary N) is 1. The first-order valence-electron chi connectivity index (χ1n) is 7.75. The average Bonchev–Trinajstić information content (AvgIpc) is 3.11. The molecule has 2 rings (SSSR count). The Morgan fingerprint density at radius 3 is 3.00 bits per heavy atom. The summed E-state index contributed by atoms with van der Waals surface area (Å²) in [5.74, 6) is 0.598. The lowest BCUT2D eigenvalue weighted by Gasteiger charge is -2.20. The first-order chi connectivity index (χ1) is 10.6. The van der Waals surface area contributed by atoms with Crippen molar-refractivity contribution in [2.24, 2.45) is 5.92 Å². The van der Waals surface area contributed by atoms with Gasteiger partial charge in [0, 0.05) is 32.2 Å². The molecule has 0 spiro atoms. The van der Waals surface area contributed by atoms with Crippen molar-refractivity contribution in [2.75, 3.05) is 19.7 Å². The zero-order valence-corrected chi connectivity index (χ0v) is 13.2. The molecule has 1 saturated heterocycles. The van der Waals surface area contributed by atoms with Crippen molar-refractivity contribution in [3.05, 3.63) is 24.2 Å². The van der Waals surface area contributed by atoms with Gasteiger partial charge in [-0.1, -0.05) is 0 Å². The fraction of sp³-hybridized carbons (Fsp3) is 0.625. The molecule has 6 nitrogen and oxygen atoms in total. The van der Waals surface area contributed by atoms with Gasteiger partial charge in [-0.2, -0.15) is 0 Å². The highest BCUT2D eigenvalue weighted by Gasteiger charge is 2.35. The highest BCUT2D eigenvalue weighted by molar-refractivity contribution is 5.89. The van der Waals surface area contributed by atoms with Gasteiger partial charge in [0.05, 0.1) is 12.2 Å². The van der Waals surface area contributed by atoms with Gasteiger partial charge in [-0.15, -0.1) is 0 Å². The van der Waals surface area contributed by atoms with Gasteiger partial charge in [-0.25, -0.2) is 0 Å². The molecule has 1 aliphatic rings. The molecule has 1 aromatic rings. The Morgan fingerprint density at radius 1 is 1.55 bits per heavy atom. The van der Waals surface area contributed by atoms with Crippen LogP contribution in [0.25, 0.3) is 0 Å². The summed E-state index contributed by atoms with van der Waals surface area (Å²) in [6.45, 7) is 6.02. The second kappa shape index (κ2) is 7.98. The summed E-state index contributed by atoms with van der Waals surface area (Å²) >= 11 is 0. The average molecular weight is 308 g/mol. The van der Waals surface area contributed by atoms with Crippen molar-refractivity contribution in [1.82, 2.24) is 10.2 Å². The van der Waals surface area contributed by atoms with Crippen molar-refractivity contribution in [3.63, 3.8) is 0 Å². The van der Waals surface area contributed by atoms with Gasteiger partial charge in [-0.3, -0.25) is 9.59 Å². The molecular formula is C16H24N2O4. The quantitative estimate of drug-likeness (QED) is 0.740. The van der Waals surface area contributed by atoms with Crippen LogP contribution in [0.4, 0.5) is 0 Å². The number of rotatable bonds is 8. The molecule has 122 valence electrons. The van der Waals surface area contributed by atoms with Gasteiger partial charge in [0.2, 0.25) is 11.8 Å². The molecule has 0 bridgehead atoms. The van der Waals surface area contributed by atoms with Gasteiger partial charge in [0.25, 0.3) is 0 Å². The van der Waals surface area contributed by atoms with Crippen molar-refractivity contribution in [3.8, 4) is 0 Å². The predicted molar refractivity (Wildman–Crippen MR) is 80.9 cm³/mol. The minimum Gasteiger partial charge on any atom is -0.467 e. The molecule has 1 aromatic heterocycles. The Balaban J connectivity index is 1.57. The van der Waals surface area contributed by atoms with Gasteiger partial charge >= 0.3 is 0 Å². The van der Waals surface area contributed by atoms with Crippen LogP contribution in [0.3, 0.4) is 0 Å².